The molecule has 0 aliphatic carbocycles. The van der Waals surface area contributed by atoms with E-state index in [9.17, 15) is 21.6 Å². The number of sulfonamides is 1. The standard InChI is InChI=1S/C17H25F3N4O2S/c1-16(2,3)14-4-5-15(22-21-14)23-8-12-10-24(11-13(12)9-23)27(25,26)7-6-17(18,19)20/h4-5,12-13H,6-11H2,1-3H3. The summed E-state index contributed by atoms with van der Waals surface area (Å²) in [6.07, 6.45) is -5.76. The molecule has 2 fully saturated rings. The summed E-state index contributed by atoms with van der Waals surface area (Å²) in [5.74, 6) is 0.0905. The number of halogens is 3. The first-order chi connectivity index (χ1) is 12.4. The van der Waals surface area contributed by atoms with Crippen molar-refractivity contribution in [2.45, 2.75) is 38.8 Å². The van der Waals surface area contributed by atoms with E-state index in [2.05, 4.69) is 35.9 Å². The molecule has 2 unspecified atom stereocenters. The van der Waals surface area contributed by atoms with Crippen LogP contribution in [-0.2, 0) is 15.4 Å². The maximum absolute atomic E-state index is 12.3. The molecule has 3 rings (SSSR count). The third-order valence-electron chi connectivity index (χ3n) is 5.23. The van der Waals surface area contributed by atoms with Gasteiger partial charge in [-0.05, 0) is 24.0 Å². The zero-order chi connectivity index (χ0) is 20.0. The maximum Gasteiger partial charge on any atom is 0.390 e. The Bertz CT molecular complexity index is 761. The first-order valence-corrected chi connectivity index (χ1v) is 10.6. The lowest BCUT2D eigenvalue weighted by molar-refractivity contribution is -0.130. The highest BCUT2D eigenvalue weighted by atomic mass is 32.2. The van der Waals surface area contributed by atoms with Crippen LogP contribution in [0, 0.1) is 11.8 Å². The zero-order valence-corrected chi connectivity index (χ0v) is 16.5. The van der Waals surface area contributed by atoms with Crippen molar-refractivity contribution in [3.8, 4) is 0 Å². The molecule has 1 aromatic rings. The molecule has 2 aliphatic rings. The third kappa shape index (κ3) is 4.71. The fourth-order valence-corrected chi connectivity index (χ4v) is 5.22. The van der Waals surface area contributed by atoms with Crippen LogP contribution >= 0.6 is 0 Å². The molecule has 3 heterocycles. The molecule has 0 saturated carbocycles. The molecular weight excluding hydrogens is 381 g/mol. The number of nitrogens with zero attached hydrogens (tertiary/aromatic N) is 4. The first kappa shape index (κ1) is 20.3. The quantitative estimate of drug-likeness (QED) is 0.768. The predicted molar refractivity (Wildman–Crippen MR) is 96.0 cm³/mol. The van der Waals surface area contributed by atoms with Crippen molar-refractivity contribution >= 4 is 15.8 Å². The Hall–Kier alpha value is -1.42. The van der Waals surface area contributed by atoms with Crippen LogP contribution in [0.25, 0.3) is 0 Å². The van der Waals surface area contributed by atoms with Gasteiger partial charge in [-0.1, -0.05) is 20.8 Å². The van der Waals surface area contributed by atoms with E-state index in [0.717, 1.165) is 11.5 Å². The van der Waals surface area contributed by atoms with Gasteiger partial charge in [0.05, 0.1) is 17.9 Å². The zero-order valence-electron chi connectivity index (χ0n) is 15.7. The third-order valence-corrected chi connectivity index (χ3v) is 7.04. The Kier molecular flexibility index (Phi) is 5.17. The SMILES string of the molecule is CC(C)(C)c1ccc(N2CC3CN(S(=O)(=O)CCC(F)(F)F)CC3C2)nn1. The Balaban J connectivity index is 1.60. The van der Waals surface area contributed by atoms with E-state index in [-0.39, 0.29) is 30.3 Å². The average Bonchev–Trinajstić information content (AvgIpc) is 3.11. The number of hydrogen-bond acceptors (Lipinski definition) is 5. The van der Waals surface area contributed by atoms with Crippen LogP contribution in [0.3, 0.4) is 0 Å². The van der Waals surface area contributed by atoms with E-state index in [1.807, 2.05) is 12.1 Å². The lowest BCUT2D eigenvalue weighted by atomic mass is 9.92. The van der Waals surface area contributed by atoms with Gasteiger partial charge in [0.1, 0.15) is 0 Å². The summed E-state index contributed by atoms with van der Waals surface area (Å²) in [5.41, 5.74) is 0.811. The molecule has 6 nitrogen and oxygen atoms in total. The largest absolute Gasteiger partial charge is 0.390 e. The second-order valence-electron chi connectivity index (χ2n) is 8.45. The molecule has 0 N–H and O–H groups in total. The molecule has 0 bridgehead atoms. The van der Waals surface area contributed by atoms with Crippen LogP contribution in [-0.4, -0.2) is 61.0 Å². The van der Waals surface area contributed by atoms with Crippen LogP contribution < -0.4 is 4.90 Å². The Morgan fingerprint density at radius 3 is 2.07 bits per heavy atom. The highest BCUT2D eigenvalue weighted by molar-refractivity contribution is 7.89. The Labute approximate surface area is 157 Å². The second kappa shape index (κ2) is 6.88. The first-order valence-electron chi connectivity index (χ1n) is 8.99. The van der Waals surface area contributed by atoms with Gasteiger partial charge in [0.2, 0.25) is 10.0 Å². The summed E-state index contributed by atoms with van der Waals surface area (Å²) in [6.45, 7) is 8.00. The summed E-state index contributed by atoms with van der Waals surface area (Å²) >= 11 is 0. The van der Waals surface area contributed by atoms with Crippen molar-refractivity contribution in [2.24, 2.45) is 11.8 Å². The summed E-state index contributed by atoms with van der Waals surface area (Å²) in [7, 11) is -3.87. The van der Waals surface area contributed by atoms with Crippen LogP contribution in [0.4, 0.5) is 19.0 Å². The Morgan fingerprint density at radius 1 is 1.04 bits per heavy atom. The number of alkyl halides is 3. The molecule has 1 aromatic heterocycles. The van der Waals surface area contributed by atoms with Crippen LogP contribution in [0.15, 0.2) is 12.1 Å². The van der Waals surface area contributed by atoms with Crippen molar-refractivity contribution in [3.05, 3.63) is 17.8 Å². The number of aromatic nitrogens is 2. The van der Waals surface area contributed by atoms with E-state index in [1.54, 1.807) is 0 Å². The van der Waals surface area contributed by atoms with Crippen molar-refractivity contribution in [2.75, 3.05) is 36.8 Å². The summed E-state index contributed by atoms with van der Waals surface area (Å²) in [5, 5.41) is 8.58. The fraction of sp³-hybridized carbons (Fsp3) is 0.765. The molecule has 10 heteroatoms. The van der Waals surface area contributed by atoms with Gasteiger partial charge in [0, 0.05) is 31.6 Å². The molecule has 2 saturated heterocycles. The number of anilines is 1. The van der Waals surface area contributed by atoms with Crippen LogP contribution in [0.1, 0.15) is 32.9 Å². The van der Waals surface area contributed by atoms with Crippen molar-refractivity contribution < 1.29 is 21.6 Å². The molecule has 2 aliphatic heterocycles. The van der Waals surface area contributed by atoms with Crippen LogP contribution in [0.5, 0.6) is 0 Å². The molecule has 0 radical (unpaired) electrons. The Morgan fingerprint density at radius 2 is 1.63 bits per heavy atom. The van der Waals surface area contributed by atoms with Gasteiger partial charge in [-0.25, -0.2) is 12.7 Å². The molecule has 0 aromatic carbocycles. The monoisotopic (exact) mass is 406 g/mol. The van der Waals surface area contributed by atoms with Gasteiger partial charge in [-0.15, -0.1) is 5.10 Å². The number of rotatable bonds is 4. The lowest BCUT2D eigenvalue weighted by Gasteiger charge is -2.23. The van der Waals surface area contributed by atoms with E-state index in [1.165, 1.54) is 4.31 Å². The van der Waals surface area contributed by atoms with E-state index >= 15 is 0 Å². The summed E-state index contributed by atoms with van der Waals surface area (Å²) < 4.78 is 62.6. The lowest BCUT2D eigenvalue weighted by Crippen LogP contribution is -2.36. The smallest absolute Gasteiger partial charge is 0.354 e. The van der Waals surface area contributed by atoms with Crippen LogP contribution in [0.2, 0.25) is 0 Å². The highest BCUT2D eigenvalue weighted by Gasteiger charge is 2.45. The molecule has 0 amide bonds. The second-order valence-corrected chi connectivity index (χ2v) is 10.5. The van der Waals surface area contributed by atoms with Crippen molar-refractivity contribution in [1.82, 2.24) is 14.5 Å². The highest BCUT2D eigenvalue weighted by Crippen LogP contribution is 2.35. The van der Waals surface area contributed by atoms with Crippen molar-refractivity contribution in [3.63, 3.8) is 0 Å². The maximum atomic E-state index is 12.3. The molecule has 27 heavy (non-hydrogen) atoms. The molecular formula is C17H25F3N4O2S. The van der Waals surface area contributed by atoms with Gasteiger partial charge in [0.15, 0.2) is 5.82 Å². The van der Waals surface area contributed by atoms with Gasteiger partial charge in [-0.2, -0.15) is 18.3 Å². The minimum Gasteiger partial charge on any atom is -0.354 e. The molecule has 152 valence electrons. The van der Waals surface area contributed by atoms with Gasteiger partial charge in [-0.3, -0.25) is 0 Å². The van der Waals surface area contributed by atoms with Gasteiger partial charge in [0.25, 0.3) is 0 Å². The topological polar surface area (TPSA) is 66.4 Å². The average molecular weight is 406 g/mol. The fourth-order valence-electron chi connectivity index (χ4n) is 3.63. The number of fused-ring (bicyclic) bond motifs is 1. The summed E-state index contributed by atoms with van der Waals surface area (Å²) in [4.78, 5) is 2.08. The van der Waals surface area contributed by atoms with Gasteiger partial charge >= 0.3 is 6.18 Å². The normalized spacial score (nSPS) is 24.4. The van der Waals surface area contributed by atoms with E-state index < -0.39 is 28.4 Å². The summed E-state index contributed by atoms with van der Waals surface area (Å²) in [6, 6.07) is 3.87. The molecule has 2 atom stereocenters. The van der Waals surface area contributed by atoms with Gasteiger partial charge < -0.3 is 4.90 Å². The van der Waals surface area contributed by atoms with Crippen molar-refractivity contribution in [1.29, 1.82) is 0 Å². The minimum atomic E-state index is -4.46. The minimum absolute atomic E-state index is 0.0850. The van der Waals surface area contributed by atoms with E-state index in [0.29, 0.717) is 13.1 Å². The predicted octanol–water partition coefficient (Wildman–Crippen LogP) is 2.42. The van der Waals surface area contributed by atoms with E-state index in [4.69, 9.17) is 0 Å². The molecule has 0 spiro atoms. The number of hydrogen-bond donors (Lipinski definition) is 0.